The van der Waals surface area contributed by atoms with Crippen molar-refractivity contribution >= 4 is 130 Å². The summed E-state index contributed by atoms with van der Waals surface area (Å²) < 4.78 is 7.38. The van der Waals surface area contributed by atoms with Gasteiger partial charge in [0.1, 0.15) is 0 Å². The van der Waals surface area contributed by atoms with Crippen molar-refractivity contribution in [1.29, 1.82) is 0 Å². The van der Waals surface area contributed by atoms with Gasteiger partial charge in [-0.2, -0.15) is 0 Å². The van der Waals surface area contributed by atoms with Gasteiger partial charge in [-0.15, -0.1) is 0 Å². The number of pyridine rings is 5. The number of hydrogen-bond donors (Lipinski definition) is 0. The third-order valence-corrected chi connectivity index (χ3v) is 27.8. The first kappa shape index (κ1) is 73.0. The van der Waals surface area contributed by atoms with Gasteiger partial charge in [0.2, 0.25) is 0 Å². The highest BCUT2D eigenvalue weighted by Gasteiger charge is 2.44. The maximum Gasteiger partial charge on any atom is 0.0893 e. The Balaban J connectivity index is 0.000000103. The average Bonchev–Trinajstić information content (AvgIpc) is 1.53. The molecule has 594 valence electrons. The first-order valence-corrected chi connectivity index (χ1v) is 43.7. The van der Waals surface area contributed by atoms with E-state index >= 15 is 0 Å². The molecule has 0 atom stereocenters. The van der Waals surface area contributed by atoms with Crippen LogP contribution in [-0.4, -0.2) is 38.6 Å². The number of para-hydroxylation sites is 5. The van der Waals surface area contributed by atoms with Crippen LogP contribution in [0, 0.1) is 0 Å². The molecule has 0 radical (unpaired) electrons. The van der Waals surface area contributed by atoms with Gasteiger partial charge >= 0.3 is 0 Å². The first-order valence-electron chi connectivity index (χ1n) is 43.7. The molecule has 0 spiro atoms. The van der Waals surface area contributed by atoms with Crippen LogP contribution in [0.5, 0.6) is 0 Å². The lowest BCUT2D eigenvalue weighted by Crippen LogP contribution is -2.16. The van der Waals surface area contributed by atoms with Gasteiger partial charge < -0.3 is 13.7 Å². The largest absolute Gasteiger partial charge is 0.309 e. The minimum Gasteiger partial charge on any atom is -0.309 e. The molecule has 0 bridgehead atoms. The van der Waals surface area contributed by atoms with E-state index in [-0.39, 0.29) is 16.2 Å². The third kappa shape index (κ3) is 10.7. The zero-order valence-electron chi connectivity index (χ0n) is 70.5. The summed E-state index contributed by atoms with van der Waals surface area (Å²) in [6.07, 6.45) is 5.95. The Bertz CT molecular complexity index is 7930. The number of rotatable bonds is 6. The molecule has 0 saturated heterocycles. The Hall–Kier alpha value is -15.8. The first-order chi connectivity index (χ1) is 61.8. The summed E-state index contributed by atoms with van der Waals surface area (Å²) in [5, 5.41) is 20.2. The van der Waals surface area contributed by atoms with Crippen molar-refractivity contribution in [2.45, 2.75) is 57.8 Å². The van der Waals surface area contributed by atoms with Crippen LogP contribution in [0.25, 0.3) is 215 Å². The Morgan fingerprint density at radius 3 is 0.952 bits per heavy atom. The topological polar surface area (TPSA) is 79.2 Å². The molecule has 0 N–H and O–H groups in total. The van der Waals surface area contributed by atoms with E-state index in [2.05, 4.69) is 401 Å². The lowest BCUT2D eigenvalue weighted by atomic mass is 9.80. The van der Waals surface area contributed by atoms with E-state index in [0.717, 1.165) is 78.3 Å². The van der Waals surface area contributed by atoms with E-state index in [9.17, 15) is 0 Å². The summed E-state index contributed by atoms with van der Waals surface area (Å²) in [6, 6.07) is 133. The Morgan fingerprint density at radius 2 is 0.532 bits per heavy atom. The maximum atomic E-state index is 4.97. The van der Waals surface area contributed by atoms with E-state index in [1.165, 1.54) is 170 Å². The monoisotopic (exact) mass is 1610 g/mol. The lowest BCUT2D eigenvalue weighted by molar-refractivity contribution is 0.664. The molecule has 0 fully saturated rings. The quantitative estimate of drug-likeness (QED) is 0.166. The molecule has 0 unspecified atom stereocenters. The zero-order chi connectivity index (χ0) is 84.0. The van der Waals surface area contributed by atoms with E-state index in [1.54, 1.807) is 0 Å². The fourth-order valence-corrected chi connectivity index (χ4v) is 22.2. The van der Waals surface area contributed by atoms with Crippen LogP contribution in [-0.2, 0) is 16.2 Å². The average molecular weight is 1610 g/mol. The second kappa shape index (κ2) is 27.6. The Morgan fingerprint density at radius 1 is 0.222 bits per heavy atom. The van der Waals surface area contributed by atoms with Crippen molar-refractivity contribution in [2.75, 3.05) is 0 Å². The van der Waals surface area contributed by atoms with Crippen LogP contribution in [0.1, 0.15) is 74.9 Å². The van der Waals surface area contributed by atoms with Crippen molar-refractivity contribution in [2.24, 2.45) is 0 Å². The highest BCUT2D eigenvalue weighted by molar-refractivity contribution is 6.30. The number of aromatic nitrogens is 8. The predicted molar refractivity (Wildman–Crippen MR) is 525 cm³/mol. The molecular formula is C118H82N8. The number of hydrogen-bond acceptors (Lipinski definition) is 5. The van der Waals surface area contributed by atoms with Gasteiger partial charge in [-0.3, -0.25) is 15.0 Å². The summed E-state index contributed by atoms with van der Waals surface area (Å²) in [6.45, 7) is 14.3. The highest BCUT2D eigenvalue weighted by Crippen LogP contribution is 2.60. The van der Waals surface area contributed by atoms with Gasteiger partial charge in [0.15, 0.2) is 0 Å². The lowest BCUT2D eigenvalue weighted by Gasteiger charge is -2.24. The minimum atomic E-state index is -0.164. The number of benzene rings is 16. The number of fused-ring (bicyclic) bond motifs is 33. The van der Waals surface area contributed by atoms with E-state index in [4.69, 9.17) is 24.9 Å². The van der Waals surface area contributed by atoms with Crippen molar-refractivity contribution in [3.8, 4) is 84.5 Å². The van der Waals surface area contributed by atoms with Crippen LogP contribution in [0.2, 0.25) is 0 Å². The molecule has 24 aromatic rings. The van der Waals surface area contributed by atoms with Gasteiger partial charge in [0, 0.05) is 82.2 Å². The van der Waals surface area contributed by atoms with Crippen LogP contribution < -0.4 is 0 Å². The molecule has 126 heavy (non-hydrogen) atoms. The maximum absolute atomic E-state index is 4.97. The van der Waals surface area contributed by atoms with Gasteiger partial charge in [-0.1, -0.05) is 327 Å². The smallest absolute Gasteiger partial charge is 0.0893 e. The van der Waals surface area contributed by atoms with E-state index in [1.807, 2.05) is 42.9 Å². The highest BCUT2D eigenvalue weighted by atomic mass is 15.0. The summed E-state index contributed by atoms with van der Waals surface area (Å²) in [7, 11) is 0. The summed E-state index contributed by atoms with van der Waals surface area (Å²) in [5.41, 5.74) is 34.3. The molecular weight excluding hydrogens is 1530 g/mol. The van der Waals surface area contributed by atoms with Crippen molar-refractivity contribution in [3.63, 3.8) is 0 Å². The summed E-state index contributed by atoms with van der Waals surface area (Å²) >= 11 is 0. The molecule has 16 aromatic carbocycles. The standard InChI is InChI=1S/C40H28N2.2C39H27N3/c1-40(2)32-16-8-6-14-30(32)36-28-12-4-5-13-29(28)37-31-15-7-10-18-35(31)42(39(37)38(36)40)27-22-19-26(20-23-27)34-24-21-25-11-3-9-17-33(25)41-34;1-39(2)30-16-8-6-14-28(30)35-26-12-4-5-13-27(26)36-29-15-7-10-18-34(29)42(38(36)37(35)39)25-20-22-32(40-23-25)33-21-19-24-11-3-9-17-31(24)41-33;1-39(2)31-17-9-7-15-29(31)35-27-13-5-6-14-28(27)36-30-16-8-10-18-34(30)42(38(36)37(35)39)26-19-20-32(41-23-26)33-21-24-11-3-4-12-25(24)22-40-33/h3-24H,1-2H3;2*3-23H,1-2H3. The van der Waals surface area contributed by atoms with E-state index < -0.39 is 0 Å². The molecule has 8 nitrogen and oxygen atoms in total. The van der Waals surface area contributed by atoms with Gasteiger partial charge in [0.25, 0.3) is 0 Å². The number of nitrogens with zero attached hydrogens (tertiary/aromatic N) is 8. The molecule has 8 heterocycles. The molecule has 0 aliphatic heterocycles. The molecule has 27 rings (SSSR count). The Labute approximate surface area is 728 Å². The third-order valence-electron chi connectivity index (χ3n) is 27.8. The van der Waals surface area contributed by atoms with Gasteiger partial charge in [0.05, 0.1) is 96.4 Å². The normalized spacial score (nSPS) is 13.7. The molecule has 0 amide bonds. The summed E-state index contributed by atoms with van der Waals surface area (Å²) in [4.78, 5) is 24.5. The fourth-order valence-electron chi connectivity index (χ4n) is 22.2. The van der Waals surface area contributed by atoms with Gasteiger partial charge in [-0.05, 0) is 189 Å². The van der Waals surface area contributed by atoms with Crippen LogP contribution in [0.15, 0.2) is 389 Å². The van der Waals surface area contributed by atoms with Crippen molar-refractivity contribution in [1.82, 2.24) is 38.6 Å². The minimum absolute atomic E-state index is 0.144. The molecule has 0 saturated carbocycles. The van der Waals surface area contributed by atoms with Crippen molar-refractivity contribution in [3.05, 3.63) is 422 Å². The van der Waals surface area contributed by atoms with Crippen LogP contribution >= 0.6 is 0 Å². The SMILES string of the molecule is CC1(C)c2ccccc2-c2c1c1c(c3ccccc23)c2ccccc2n1-c1ccc(-c2cc3ccccc3cn2)nc1.CC1(C)c2ccccc2-c2c1c1c(c3ccccc23)c2ccccc2n1-c1ccc(-c2ccc3ccccc3n2)cc1.CC1(C)c2ccccc2-c2c1c1c(c3ccccc23)c2ccccc2n1-c1ccc(-c2ccc3ccccc3n2)nc1. The second-order valence-corrected chi connectivity index (χ2v) is 35.7. The molecule has 8 aromatic heterocycles. The van der Waals surface area contributed by atoms with Gasteiger partial charge in [-0.25, -0.2) is 9.97 Å². The zero-order valence-corrected chi connectivity index (χ0v) is 70.5. The van der Waals surface area contributed by atoms with Crippen LogP contribution in [0.4, 0.5) is 0 Å². The molecule has 3 aliphatic rings. The molecule has 3 aliphatic carbocycles. The fraction of sp³-hybridized carbons (Fsp3) is 0.0763. The summed E-state index contributed by atoms with van der Waals surface area (Å²) in [5.74, 6) is 0. The van der Waals surface area contributed by atoms with Crippen molar-refractivity contribution < 1.29 is 0 Å². The molecule has 8 heteroatoms. The van der Waals surface area contributed by atoms with Crippen LogP contribution in [0.3, 0.4) is 0 Å². The predicted octanol–water partition coefficient (Wildman–Crippen LogP) is 30.2. The Kier molecular flexibility index (Phi) is 16.0. The second-order valence-electron chi connectivity index (χ2n) is 35.7. The van der Waals surface area contributed by atoms with E-state index in [0.29, 0.717) is 0 Å².